The molecular formula is C23H31F3N2O5S. The molecule has 0 bridgehead atoms. The summed E-state index contributed by atoms with van der Waals surface area (Å²) in [7, 11) is 0. The summed E-state index contributed by atoms with van der Waals surface area (Å²) in [5.41, 5.74) is -0.912. The number of hydrogen-bond acceptors (Lipinski definition) is 7. The van der Waals surface area contributed by atoms with Gasteiger partial charge >= 0.3 is 6.18 Å². The number of amides is 1. The molecule has 0 aromatic heterocycles. The van der Waals surface area contributed by atoms with Gasteiger partial charge in [0.15, 0.2) is 6.73 Å². The summed E-state index contributed by atoms with van der Waals surface area (Å²) in [5, 5.41) is 12.3. The van der Waals surface area contributed by atoms with Gasteiger partial charge in [-0.3, -0.25) is 4.79 Å². The molecule has 0 radical (unpaired) electrons. The third-order valence-electron chi connectivity index (χ3n) is 7.67. The zero-order valence-electron chi connectivity index (χ0n) is 19.3. The summed E-state index contributed by atoms with van der Waals surface area (Å²) >= 11 is 1.12. The van der Waals surface area contributed by atoms with E-state index in [4.69, 9.17) is 9.99 Å². The summed E-state index contributed by atoms with van der Waals surface area (Å²) in [6, 6.07) is 3.71. The number of hydrogen-bond donors (Lipinski definition) is 1. The molecule has 1 aromatic carbocycles. The van der Waals surface area contributed by atoms with E-state index in [1.54, 1.807) is 4.90 Å². The van der Waals surface area contributed by atoms with Crippen LogP contribution in [0.3, 0.4) is 0 Å². The zero-order valence-corrected chi connectivity index (χ0v) is 20.2. The molecule has 190 valence electrons. The number of halogens is 3. The number of alkyl halides is 3. The van der Waals surface area contributed by atoms with Gasteiger partial charge in [-0.15, -0.1) is 4.33 Å². The van der Waals surface area contributed by atoms with Crippen LogP contribution in [0.25, 0.3) is 0 Å². The second kappa shape index (κ2) is 10.2. The number of carbonyl (C=O) groups excluding carboxylic acids is 1. The van der Waals surface area contributed by atoms with Crippen molar-refractivity contribution in [2.75, 3.05) is 19.8 Å². The molecule has 4 rings (SSSR count). The first-order valence-electron chi connectivity index (χ1n) is 11.6. The largest absolute Gasteiger partial charge is 0.473 e. The normalized spacial score (nSPS) is 26.6. The summed E-state index contributed by atoms with van der Waals surface area (Å²) < 4.78 is 49.8. The van der Waals surface area contributed by atoms with E-state index in [0.717, 1.165) is 69.4 Å². The number of benzene rings is 1. The van der Waals surface area contributed by atoms with Gasteiger partial charge in [0.2, 0.25) is 5.91 Å². The molecule has 1 saturated heterocycles. The van der Waals surface area contributed by atoms with E-state index in [2.05, 4.69) is 28.1 Å². The summed E-state index contributed by atoms with van der Waals surface area (Å²) in [6.07, 6.45) is -0.277. The van der Waals surface area contributed by atoms with E-state index >= 15 is 0 Å². The third kappa shape index (κ3) is 5.18. The lowest BCUT2D eigenvalue weighted by molar-refractivity contribution is -0.432. The number of carbonyl (C=O) groups is 1. The molecule has 2 atom stereocenters. The second-order valence-corrected chi connectivity index (χ2v) is 10.8. The molecule has 1 saturated carbocycles. The molecule has 2 heterocycles. The van der Waals surface area contributed by atoms with Crippen molar-refractivity contribution in [2.24, 2.45) is 11.3 Å². The van der Waals surface area contributed by atoms with Crippen LogP contribution in [0.1, 0.15) is 57.1 Å². The first kappa shape index (κ1) is 25.6. The number of rotatable bonds is 6. The van der Waals surface area contributed by atoms with Crippen LogP contribution in [0.2, 0.25) is 0 Å². The lowest BCUT2D eigenvalue weighted by atomic mass is 9.74. The fourth-order valence-corrected chi connectivity index (χ4v) is 6.15. The molecule has 2 aliphatic heterocycles. The first-order chi connectivity index (χ1) is 16.1. The predicted octanol–water partition coefficient (Wildman–Crippen LogP) is 5.11. The lowest BCUT2D eigenvalue weighted by Gasteiger charge is -2.40. The van der Waals surface area contributed by atoms with Crippen LogP contribution in [0.15, 0.2) is 18.2 Å². The molecule has 1 aromatic rings. The quantitative estimate of drug-likeness (QED) is 0.328. The van der Waals surface area contributed by atoms with Crippen LogP contribution in [0, 0.1) is 11.3 Å². The van der Waals surface area contributed by atoms with Crippen molar-refractivity contribution in [1.29, 1.82) is 0 Å². The Labute approximate surface area is 201 Å². The van der Waals surface area contributed by atoms with Gasteiger partial charge in [-0.25, -0.2) is 5.26 Å². The fourth-order valence-electron chi connectivity index (χ4n) is 5.60. The van der Waals surface area contributed by atoms with Gasteiger partial charge in [0, 0.05) is 28.9 Å². The van der Waals surface area contributed by atoms with Gasteiger partial charge in [-0.1, -0.05) is 18.9 Å². The van der Waals surface area contributed by atoms with Crippen molar-refractivity contribution in [3.05, 3.63) is 29.3 Å². The standard InChI is InChI=1S/C23H31F3N2O5S/c1-15(2)22(8-5-18(12-22)27-9-6-19(7-10-27)34-33-32-30)21(29)28-13-16-11-17(23(24,25)26)3-4-20(16)31-14-28/h3-4,11,15,18-19,30H,5-10,12-14H2,1-2H3/t18?,22-/m0/s1. The predicted molar refractivity (Wildman–Crippen MR) is 119 cm³/mol. The highest BCUT2D eigenvalue weighted by molar-refractivity contribution is 7.95. The highest BCUT2D eigenvalue weighted by Crippen LogP contribution is 2.48. The highest BCUT2D eigenvalue weighted by Gasteiger charge is 2.51. The highest BCUT2D eigenvalue weighted by atomic mass is 32.2. The Balaban J connectivity index is 1.43. The van der Waals surface area contributed by atoms with Crippen molar-refractivity contribution >= 4 is 17.9 Å². The third-order valence-corrected chi connectivity index (χ3v) is 8.55. The van der Waals surface area contributed by atoms with Crippen LogP contribution in [0.5, 0.6) is 5.75 Å². The molecule has 1 amide bonds. The number of nitrogens with zero attached hydrogens (tertiary/aromatic N) is 2. The van der Waals surface area contributed by atoms with E-state index in [0.29, 0.717) is 11.3 Å². The topological polar surface area (TPSA) is 71.5 Å². The molecule has 1 unspecified atom stereocenters. The minimum Gasteiger partial charge on any atom is -0.473 e. The van der Waals surface area contributed by atoms with Gasteiger partial charge < -0.3 is 14.5 Å². The van der Waals surface area contributed by atoms with E-state index in [1.165, 1.54) is 6.07 Å². The second-order valence-electron chi connectivity index (χ2n) is 9.78. The molecule has 2 fully saturated rings. The van der Waals surface area contributed by atoms with E-state index in [9.17, 15) is 18.0 Å². The molecule has 1 aliphatic carbocycles. The van der Waals surface area contributed by atoms with Gasteiger partial charge in [0.25, 0.3) is 0 Å². The molecule has 7 nitrogen and oxygen atoms in total. The molecule has 1 N–H and O–H groups in total. The Kier molecular flexibility index (Phi) is 7.68. The molecule has 3 aliphatic rings. The Hall–Kier alpha value is -1.53. The maximum atomic E-state index is 13.8. The Morgan fingerprint density at radius 1 is 1.26 bits per heavy atom. The minimum absolute atomic E-state index is 0.0352. The van der Waals surface area contributed by atoms with Crippen molar-refractivity contribution in [3.8, 4) is 5.75 Å². The van der Waals surface area contributed by atoms with Crippen LogP contribution < -0.4 is 4.74 Å². The van der Waals surface area contributed by atoms with Crippen LogP contribution in [-0.4, -0.2) is 52.1 Å². The monoisotopic (exact) mass is 504 g/mol. The maximum absolute atomic E-state index is 13.8. The number of piperidine rings is 1. The zero-order chi connectivity index (χ0) is 24.5. The van der Waals surface area contributed by atoms with Crippen molar-refractivity contribution < 1.29 is 37.3 Å². The van der Waals surface area contributed by atoms with Crippen LogP contribution >= 0.6 is 12.0 Å². The van der Waals surface area contributed by atoms with Crippen LogP contribution in [-0.2, 0) is 26.9 Å². The summed E-state index contributed by atoms with van der Waals surface area (Å²) in [4.78, 5) is 17.8. The summed E-state index contributed by atoms with van der Waals surface area (Å²) in [5.74, 6) is 0.458. The molecule has 0 spiro atoms. The molecular weight excluding hydrogens is 473 g/mol. The van der Waals surface area contributed by atoms with Crippen LogP contribution in [0.4, 0.5) is 13.2 Å². The Morgan fingerprint density at radius 2 is 2.00 bits per heavy atom. The number of likely N-dealkylation sites (tertiary alicyclic amines) is 1. The van der Waals surface area contributed by atoms with Crippen molar-refractivity contribution in [1.82, 2.24) is 9.80 Å². The van der Waals surface area contributed by atoms with Gasteiger partial charge in [-0.05, 0) is 69.3 Å². The van der Waals surface area contributed by atoms with Crippen molar-refractivity contribution in [3.63, 3.8) is 0 Å². The van der Waals surface area contributed by atoms with E-state index in [-0.39, 0.29) is 36.4 Å². The van der Waals surface area contributed by atoms with Crippen molar-refractivity contribution in [2.45, 2.75) is 70.0 Å². The maximum Gasteiger partial charge on any atom is 0.416 e. The van der Waals surface area contributed by atoms with E-state index < -0.39 is 17.2 Å². The molecule has 11 heteroatoms. The average molecular weight is 505 g/mol. The lowest BCUT2D eigenvalue weighted by Crippen LogP contribution is -2.49. The molecule has 34 heavy (non-hydrogen) atoms. The smallest absolute Gasteiger partial charge is 0.416 e. The number of ether oxygens (including phenoxy) is 1. The summed E-state index contributed by atoms with van der Waals surface area (Å²) in [6.45, 7) is 6.02. The Morgan fingerprint density at radius 3 is 2.65 bits per heavy atom. The minimum atomic E-state index is -4.44. The van der Waals surface area contributed by atoms with Gasteiger partial charge in [-0.2, -0.15) is 13.2 Å². The average Bonchev–Trinajstić information content (AvgIpc) is 3.28. The van der Waals surface area contributed by atoms with Gasteiger partial charge in [0.05, 0.1) is 17.5 Å². The first-order valence-corrected chi connectivity index (χ1v) is 12.4. The van der Waals surface area contributed by atoms with Gasteiger partial charge in [0.1, 0.15) is 5.75 Å². The SMILES string of the molecule is CC(C)[C@]1(C(=O)N2COc3ccc(C(F)(F)F)cc3C2)CCC(N2CCC(SOOO)CC2)C1. The Bertz CT molecular complexity index is 879. The number of fused-ring (bicyclic) bond motifs is 1. The van der Waals surface area contributed by atoms with E-state index in [1.807, 2.05) is 0 Å². The fraction of sp³-hybridized carbons (Fsp3) is 0.696.